The molecule has 1 aliphatic heterocycles. The number of imidazole rings is 1. The first-order valence-electron chi connectivity index (χ1n) is 8.68. The minimum Gasteiger partial charge on any atom is -0.444 e. The number of nitrogens with zero attached hydrogens (tertiary/aromatic N) is 3. The molecule has 0 saturated heterocycles. The van der Waals surface area contributed by atoms with Crippen molar-refractivity contribution in [2.75, 3.05) is 13.1 Å². The first-order chi connectivity index (χ1) is 12.3. The van der Waals surface area contributed by atoms with Gasteiger partial charge in [-0.2, -0.15) is 0 Å². The van der Waals surface area contributed by atoms with E-state index in [-0.39, 0.29) is 12.5 Å². The Bertz CT molecular complexity index is 793. The zero-order chi connectivity index (χ0) is 18.7. The molecule has 1 aliphatic rings. The third-order valence-electron chi connectivity index (χ3n) is 4.01. The lowest BCUT2D eigenvalue weighted by atomic mass is 10.2. The van der Waals surface area contributed by atoms with Crippen molar-refractivity contribution in [3.63, 3.8) is 0 Å². The topological polar surface area (TPSA) is 76.5 Å². The Morgan fingerprint density at radius 3 is 2.62 bits per heavy atom. The van der Waals surface area contributed by atoms with E-state index in [2.05, 4.69) is 14.9 Å². The molecule has 2 amide bonds. The van der Waals surface area contributed by atoms with E-state index >= 15 is 0 Å². The van der Waals surface area contributed by atoms with Gasteiger partial charge in [0, 0.05) is 24.8 Å². The molecule has 0 aliphatic carbocycles. The van der Waals surface area contributed by atoms with E-state index in [1.54, 1.807) is 25.7 Å². The van der Waals surface area contributed by atoms with Crippen LogP contribution in [0.4, 0.5) is 4.79 Å². The number of alkyl carbamates (subject to hydrolysis) is 1. The summed E-state index contributed by atoms with van der Waals surface area (Å²) in [6.07, 6.45) is 1.43. The van der Waals surface area contributed by atoms with Crippen molar-refractivity contribution >= 4 is 12.0 Å². The smallest absolute Gasteiger partial charge is 0.408 e. The minimum atomic E-state index is -0.587. The minimum absolute atomic E-state index is 0.0822. The Balaban J connectivity index is 1.59. The molecule has 2 aromatic rings. The number of fused-ring (bicyclic) bond motifs is 1. The first-order valence-corrected chi connectivity index (χ1v) is 8.68. The average molecular weight is 356 g/mol. The molecule has 0 spiro atoms. The summed E-state index contributed by atoms with van der Waals surface area (Å²) >= 11 is 0. The summed E-state index contributed by atoms with van der Waals surface area (Å²) in [6.45, 7) is 6.97. The fourth-order valence-corrected chi connectivity index (χ4v) is 2.79. The molecule has 0 radical (unpaired) electrons. The fourth-order valence-electron chi connectivity index (χ4n) is 2.79. The predicted molar refractivity (Wildman–Crippen MR) is 97.3 cm³/mol. The van der Waals surface area contributed by atoms with Gasteiger partial charge in [-0.25, -0.2) is 9.78 Å². The van der Waals surface area contributed by atoms with Gasteiger partial charge in [0.15, 0.2) is 0 Å². The van der Waals surface area contributed by atoms with E-state index in [0.717, 1.165) is 17.1 Å². The maximum Gasteiger partial charge on any atom is 0.408 e. The molecule has 7 nitrogen and oxygen atoms in total. The predicted octanol–water partition coefficient (Wildman–Crippen LogP) is 2.42. The molecule has 26 heavy (non-hydrogen) atoms. The highest BCUT2D eigenvalue weighted by Gasteiger charge is 2.24. The average Bonchev–Trinajstić information content (AvgIpc) is 3.02. The standard InChI is InChI=1S/C19H24N4O3/c1-19(2,3)26-18(25)20-11-17(24)23-10-9-22-12-15(21-16(22)13-23)14-7-5-4-6-8-14/h4-8,12H,9-11,13H2,1-3H3,(H,20,25). The highest BCUT2D eigenvalue weighted by molar-refractivity contribution is 5.82. The second kappa shape index (κ2) is 7.19. The summed E-state index contributed by atoms with van der Waals surface area (Å²) in [7, 11) is 0. The number of amides is 2. The summed E-state index contributed by atoms with van der Waals surface area (Å²) in [6, 6.07) is 9.96. The highest BCUT2D eigenvalue weighted by Crippen LogP contribution is 2.21. The number of benzene rings is 1. The van der Waals surface area contributed by atoms with Crippen LogP contribution in [0.15, 0.2) is 36.5 Å². The van der Waals surface area contributed by atoms with Crippen molar-refractivity contribution in [3.8, 4) is 11.3 Å². The summed E-state index contributed by atoms with van der Waals surface area (Å²) in [4.78, 5) is 30.4. The van der Waals surface area contributed by atoms with Gasteiger partial charge in [0.05, 0.1) is 12.2 Å². The molecule has 0 fully saturated rings. The Hall–Kier alpha value is -2.83. The molecular weight excluding hydrogens is 332 g/mol. The van der Waals surface area contributed by atoms with Crippen molar-refractivity contribution in [2.24, 2.45) is 0 Å². The number of ether oxygens (including phenoxy) is 1. The molecule has 3 rings (SSSR count). The molecule has 0 bridgehead atoms. The Morgan fingerprint density at radius 1 is 1.19 bits per heavy atom. The van der Waals surface area contributed by atoms with E-state index in [1.807, 2.05) is 36.5 Å². The van der Waals surface area contributed by atoms with E-state index in [0.29, 0.717) is 19.6 Å². The Kier molecular flexibility index (Phi) is 4.97. The molecule has 0 unspecified atom stereocenters. The molecule has 1 N–H and O–H groups in total. The van der Waals surface area contributed by atoms with Crippen LogP contribution in [0.3, 0.4) is 0 Å². The summed E-state index contributed by atoms with van der Waals surface area (Å²) < 4.78 is 7.22. The van der Waals surface area contributed by atoms with E-state index in [9.17, 15) is 9.59 Å². The van der Waals surface area contributed by atoms with Crippen LogP contribution in [-0.2, 0) is 22.6 Å². The molecule has 7 heteroatoms. The number of aromatic nitrogens is 2. The van der Waals surface area contributed by atoms with Gasteiger partial charge in [-0.1, -0.05) is 30.3 Å². The lowest BCUT2D eigenvalue weighted by molar-refractivity contribution is -0.131. The van der Waals surface area contributed by atoms with E-state index in [1.165, 1.54) is 0 Å². The lowest BCUT2D eigenvalue weighted by Gasteiger charge is -2.28. The SMILES string of the molecule is CC(C)(C)OC(=O)NCC(=O)N1CCn2cc(-c3ccccc3)nc2C1. The molecule has 0 atom stereocenters. The fraction of sp³-hybridized carbons (Fsp3) is 0.421. The van der Waals surface area contributed by atoms with Crippen molar-refractivity contribution < 1.29 is 14.3 Å². The number of carbonyl (C=O) groups is 2. The Morgan fingerprint density at radius 2 is 1.92 bits per heavy atom. The number of nitrogens with one attached hydrogen (secondary N) is 1. The Labute approximate surface area is 153 Å². The van der Waals surface area contributed by atoms with Crippen molar-refractivity contribution in [1.29, 1.82) is 0 Å². The van der Waals surface area contributed by atoms with Crippen molar-refractivity contribution in [1.82, 2.24) is 19.8 Å². The number of hydrogen-bond acceptors (Lipinski definition) is 4. The van der Waals surface area contributed by atoms with Gasteiger partial charge >= 0.3 is 6.09 Å². The van der Waals surface area contributed by atoms with Gasteiger partial charge in [0.1, 0.15) is 18.0 Å². The number of rotatable bonds is 3. The van der Waals surface area contributed by atoms with Gasteiger partial charge in [0.25, 0.3) is 0 Å². The van der Waals surface area contributed by atoms with Crippen LogP contribution in [0.5, 0.6) is 0 Å². The highest BCUT2D eigenvalue weighted by atomic mass is 16.6. The molecule has 1 aromatic heterocycles. The van der Waals surface area contributed by atoms with Crippen LogP contribution in [0.25, 0.3) is 11.3 Å². The third kappa shape index (κ3) is 4.41. The monoisotopic (exact) mass is 356 g/mol. The molecule has 1 aromatic carbocycles. The third-order valence-corrected chi connectivity index (χ3v) is 4.01. The van der Waals surface area contributed by atoms with Crippen LogP contribution in [0.1, 0.15) is 26.6 Å². The zero-order valence-electron chi connectivity index (χ0n) is 15.4. The zero-order valence-corrected chi connectivity index (χ0v) is 15.4. The lowest BCUT2D eigenvalue weighted by Crippen LogP contribution is -2.44. The second-order valence-corrected chi connectivity index (χ2v) is 7.27. The van der Waals surface area contributed by atoms with Crippen molar-refractivity contribution in [3.05, 3.63) is 42.4 Å². The molecule has 0 saturated carbocycles. The quantitative estimate of drug-likeness (QED) is 0.916. The van der Waals surface area contributed by atoms with Crippen LogP contribution < -0.4 is 5.32 Å². The van der Waals surface area contributed by atoms with Gasteiger partial charge in [0.2, 0.25) is 5.91 Å². The summed E-state index contributed by atoms with van der Waals surface area (Å²) in [5.74, 6) is 0.701. The summed E-state index contributed by atoms with van der Waals surface area (Å²) in [5, 5.41) is 2.51. The first kappa shape index (κ1) is 18.0. The molecular formula is C19H24N4O3. The van der Waals surface area contributed by atoms with Crippen molar-refractivity contribution in [2.45, 2.75) is 39.5 Å². The van der Waals surface area contributed by atoms with Gasteiger partial charge in [-0.15, -0.1) is 0 Å². The van der Waals surface area contributed by atoms with Crippen LogP contribution in [0, 0.1) is 0 Å². The molecule has 2 heterocycles. The largest absolute Gasteiger partial charge is 0.444 e. The normalized spacial score (nSPS) is 13.9. The van der Waals surface area contributed by atoms with Gasteiger partial charge < -0.3 is 19.5 Å². The summed E-state index contributed by atoms with van der Waals surface area (Å²) in [5.41, 5.74) is 1.37. The van der Waals surface area contributed by atoms with Crippen LogP contribution in [0.2, 0.25) is 0 Å². The maximum absolute atomic E-state index is 12.4. The number of hydrogen-bond donors (Lipinski definition) is 1. The van der Waals surface area contributed by atoms with E-state index < -0.39 is 11.7 Å². The van der Waals surface area contributed by atoms with Crippen LogP contribution in [-0.4, -0.2) is 45.1 Å². The van der Waals surface area contributed by atoms with Gasteiger partial charge in [-0.05, 0) is 20.8 Å². The van der Waals surface area contributed by atoms with E-state index in [4.69, 9.17) is 4.74 Å². The van der Waals surface area contributed by atoms with Crippen LogP contribution >= 0.6 is 0 Å². The maximum atomic E-state index is 12.4. The van der Waals surface area contributed by atoms with Gasteiger partial charge in [-0.3, -0.25) is 4.79 Å². The molecule has 138 valence electrons. The second-order valence-electron chi connectivity index (χ2n) is 7.27. The number of carbonyl (C=O) groups excluding carboxylic acids is 2.